The third-order valence-electron chi connectivity index (χ3n) is 6.56. The maximum absolute atomic E-state index is 14.3. The van der Waals surface area contributed by atoms with Crippen molar-refractivity contribution in [1.29, 1.82) is 0 Å². The third kappa shape index (κ3) is 4.11. The lowest BCUT2D eigenvalue weighted by Gasteiger charge is -2.37. The smallest absolute Gasteiger partial charge is 0.256 e. The molecule has 168 valence electrons. The molecule has 0 saturated carbocycles. The molecule has 2 aliphatic rings. The van der Waals surface area contributed by atoms with Crippen molar-refractivity contribution < 1.29 is 18.8 Å². The van der Waals surface area contributed by atoms with Crippen LogP contribution in [0.15, 0.2) is 42.5 Å². The topological polar surface area (TPSA) is 78.5 Å². The number of nitrogens with zero attached hydrogens (tertiary/aromatic N) is 1. The molecule has 0 aromatic heterocycles. The molecule has 3 amide bonds. The number of piperidine rings is 1. The average Bonchev–Trinajstić information content (AvgIpc) is 2.89. The molecular formula is C25H28FN3O3. The first-order valence-corrected chi connectivity index (χ1v) is 11.2. The van der Waals surface area contributed by atoms with Gasteiger partial charge in [-0.15, -0.1) is 0 Å². The van der Waals surface area contributed by atoms with E-state index in [-0.39, 0.29) is 35.5 Å². The predicted octanol–water partition coefficient (Wildman–Crippen LogP) is 3.97. The lowest BCUT2D eigenvalue weighted by Crippen LogP contribution is -2.55. The highest BCUT2D eigenvalue weighted by Crippen LogP contribution is 2.32. The number of nitrogens with one attached hydrogen (secondary N) is 2. The van der Waals surface area contributed by atoms with E-state index in [1.165, 1.54) is 6.07 Å². The van der Waals surface area contributed by atoms with Crippen molar-refractivity contribution in [3.63, 3.8) is 0 Å². The zero-order valence-corrected chi connectivity index (χ0v) is 18.4. The summed E-state index contributed by atoms with van der Waals surface area (Å²) in [5.74, 6) is -0.932. The summed E-state index contributed by atoms with van der Waals surface area (Å²) < 4.78 is 14.3. The molecular weight excluding hydrogens is 409 g/mol. The lowest BCUT2D eigenvalue weighted by molar-refractivity contribution is -0.127. The minimum absolute atomic E-state index is 0.00613. The maximum atomic E-state index is 14.3. The van der Waals surface area contributed by atoms with Crippen LogP contribution in [0.3, 0.4) is 0 Å². The fraction of sp³-hybridized carbons (Fsp3) is 0.400. The number of carbonyl (C=O) groups excluding carboxylic acids is 3. The Bertz CT molecular complexity index is 1050. The van der Waals surface area contributed by atoms with E-state index in [9.17, 15) is 18.8 Å². The Balaban J connectivity index is 1.57. The molecule has 6 nitrogen and oxygen atoms in total. The molecule has 4 rings (SSSR count). The van der Waals surface area contributed by atoms with Crippen LogP contribution in [0.4, 0.5) is 10.1 Å². The zero-order chi connectivity index (χ0) is 22.8. The molecule has 1 fully saturated rings. The zero-order valence-electron chi connectivity index (χ0n) is 18.4. The third-order valence-corrected chi connectivity index (χ3v) is 6.56. The Morgan fingerprint density at radius 3 is 2.62 bits per heavy atom. The quantitative estimate of drug-likeness (QED) is 0.743. The van der Waals surface area contributed by atoms with Gasteiger partial charge >= 0.3 is 0 Å². The van der Waals surface area contributed by atoms with Gasteiger partial charge in [-0.25, -0.2) is 4.39 Å². The summed E-state index contributed by atoms with van der Waals surface area (Å²) in [6.07, 6.45) is 2.49. The molecule has 32 heavy (non-hydrogen) atoms. The van der Waals surface area contributed by atoms with E-state index in [4.69, 9.17) is 0 Å². The molecule has 0 bridgehead atoms. The molecule has 2 N–H and O–H groups in total. The Hall–Kier alpha value is -3.22. The van der Waals surface area contributed by atoms with Crippen molar-refractivity contribution in [2.24, 2.45) is 5.92 Å². The highest BCUT2D eigenvalue weighted by atomic mass is 19.1. The van der Waals surface area contributed by atoms with Crippen LogP contribution < -0.4 is 10.6 Å². The Labute approximate surface area is 187 Å². The van der Waals surface area contributed by atoms with E-state index in [1.54, 1.807) is 41.3 Å². The fourth-order valence-electron chi connectivity index (χ4n) is 4.63. The minimum Gasteiger partial charge on any atom is -0.353 e. The van der Waals surface area contributed by atoms with Gasteiger partial charge in [-0.2, -0.15) is 0 Å². The number of rotatable bonds is 5. The van der Waals surface area contributed by atoms with Gasteiger partial charge in [0.2, 0.25) is 11.8 Å². The van der Waals surface area contributed by atoms with Crippen LogP contribution in [0.25, 0.3) is 11.1 Å². The van der Waals surface area contributed by atoms with Crippen molar-refractivity contribution in [3.05, 3.63) is 53.8 Å². The molecule has 7 heteroatoms. The number of carbonyl (C=O) groups is 3. The van der Waals surface area contributed by atoms with Gasteiger partial charge in [0.25, 0.3) is 5.91 Å². The summed E-state index contributed by atoms with van der Waals surface area (Å²) >= 11 is 0. The Morgan fingerprint density at radius 2 is 1.91 bits per heavy atom. The molecule has 2 atom stereocenters. The van der Waals surface area contributed by atoms with Gasteiger partial charge in [-0.1, -0.05) is 38.1 Å². The van der Waals surface area contributed by atoms with E-state index in [1.807, 2.05) is 13.8 Å². The molecule has 2 aromatic carbocycles. The first-order valence-electron chi connectivity index (χ1n) is 11.2. The van der Waals surface area contributed by atoms with Crippen molar-refractivity contribution in [2.45, 2.75) is 51.6 Å². The van der Waals surface area contributed by atoms with E-state index >= 15 is 0 Å². The standard InChI is InChI=1S/C25H28FN3O3/c1-3-15(4-2)23(30)27-17-11-12-29-22(14-17)24(31)28-21-10-9-16(13-19(21)25(29)32)18-7-5-6-8-20(18)26/h5-10,13,15,17,22H,3-4,11-12,14H2,1-2H3,(H,27,30)(H,28,31). The highest BCUT2D eigenvalue weighted by molar-refractivity contribution is 6.10. The summed E-state index contributed by atoms with van der Waals surface area (Å²) in [5, 5.41) is 5.93. The Kier molecular flexibility index (Phi) is 6.26. The number of anilines is 1. The second kappa shape index (κ2) is 9.10. The number of benzene rings is 2. The number of halogens is 1. The molecule has 2 unspecified atom stereocenters. The molecule has 2 aliphatic heterocycles. The first kappa shape index (κ1) is 22.0. The van der Waals surface area contributed by atoms with Crippen molar-refractivity contribution in [2.75, 3.05) is 11.9 Å². The number of amides is 3. The number of fused-ring (bicyclic) bond motifs is 2. The van der Waals surface area contributed by atoms with Crippen LogP contribution in [0.5, 0.6) is 0 Å². The Morgan fingerprint density at radius 1 is 1.16 bits per heavy atom. The molecule has 0 aliphatic carbocycles. The van der Waals surface area contributed by atoms with Gasteiger partial charge in [-0.3, -0.25) is 14.4 Å². The largest absolute Gasteiger partial charge is 0.353 e. The second-order valence-electron chi connectivity index (χ2n) is 8.49. The summed E-state index contributed by atoms with van der Waals surface area (Å²) in [6.45, 7) is 4.34. The molecule has 2 aromatic rings. The maximum Gasteiger partial charge on any atom is 0.256 e. The second-order valence-corrected chi connectivity index (χ2v) is 8.49. The summed E-state index contributed by atoms with van der Waals surface area (Å²) in [5.41, 5.74) is 1.75. The van der Waals surface area contributed by atoms with Crippen molar-refractivity contribution in [3.8, 4) is 11.1 Å². The van der Waals surface area contributed by atoms with Gasteiger partial charge in [0.1, 0.15) is 11.9 Å². The van der Waals surface area contributed by atoms with E-state index in [2.05, 4.69) is 10.6 Å². The lowest BCUT2D eigenvalue weighted by atomic mass is 9.94. The van der Waals surface area contributed by atoms with Crippen LogP contribution in [-0.2, 0) is 9.59 Å². The summed E-state index contributed by atoms with van der Waals surface area (Å²) in [7, 11) is 0. The van der Waals surface area contributed by atoms with Gasteiger partial charge in [0, 0.05) is 24.1 Å². The van der Waals surface area contributed by atoms with E-state index in [0.29, 0.717) is 41.8 Å². The molecule has 0 radical (unpaired) electrons. The SMILES string of the molecule is CCC(CC)C(=O)NC1CCN2C(=O)c3cc(-c4ccccc4F)ccc3NC(=O)C2C1. The summed E-state index contributed by atoms with van der Waals surface area (Å²) in [4.78, 5) is 40.4. The monoisotopic (exact) mass is 437 g/mol. The van der Waals surface area contributed by atoms with Crippen molar-refractivity contribution >= 4 is 23.4 Å². The predicted molar refractivity (Wildman–Crippen MR) is 121 cm³/mol. The number of hydrogen-bond acceptors (Lipinski definition) is 3. The molecule has 1 saturated heterocycles. The normalized spacial score (nSPS) is 20.3. The van der Waals surface area contributed by atoms with Crippen LogP contribution >= 0.6 is 0 Å². The fourth-order valence-corrected chi connectivity index (χ4v) is 4.63. The number of hydrogen-bond donors (Lipinski definition) is 2. The van der Waals surface area contributed by atoms with E-state index < -0.39 is 6.04 Å². The van der Waals surface area contributed by atoms with E-state index in [0.717, 1.165) is 12.8 Å². The molecule has 2 heterocycles. The van der Waals surface area contributed by atoms with Crippen LogP contribution in [0, 0.1) is 11.7 Å². The average molecular weight is 438 g/mol. The van der Waals surface area contributed by atoms with Crippen LogP contribution in [-0.4, -0.2) is 41.2 Å². The minimum atomic E-state index is -0.660. The van der Waals surface area contributed by atoms with Gasteiger partial charge in [-0.05, 0) is 49.4 Å². The van der Waals surface area contributed by atoms with Crippen molar-refractivity contribution in [1.82, 2.24) is 10.2 Å². The van der Waals surface area contributed by atoms with Crippen LogP contribution in [0.1, 0.15) is 49.9 Å². The van der Waals surface area contributed by atoms with Crippen LogP contribution in [0.2, 0.25) is 0 Å². The molecule has 0 spiro atoms. The van der Waals surface area contributed by atoms with Gasteiger partial charge < -0.3 is 15.5 Å². The summed E-state index contributed by atoms with van der Waals surface area (Å²) in [6, 6.07) is 10.6. The van der Waals surface area contributed by atoms with Gasteiger partial charge in [0.05, 0.1) is 11.3 Å². The highest BCUT2D eigenvalue weighted by Gasteiger charge is 2.40. The first-order chi connectivity index (χ1) is 15.4. The van der Waals surface area contributed by atoms with Gasteiger partial charge in [0.15, 0.2) is 0 Å².